The number of hydrogen-bond donors (Lipinski definition) is 1. The Balaban J connectivity index is 1.51. The number of hydrazone groups is 1. The number of aromatic nitrogens is 2. The van der Waals surface area contributed by atoms with Crippen LogP contribution in [0.1, 0.15) is 5.56 Å². The van der Waals surface area contributed by atoms with Crippen LogP contribution in [-0.4, -0.2) is 34.5 Å². The Morgan fingerprint density at radius 2 is 1.80 bits per heavy atom. The fraction of sp³-hybridized carbons (Fsp3) is 0.0769. The van der Waals surface area contributed by atoms with Crippen LogP contribution in [0.5, 0.6) is 5.75 Å². The van der Waals surface area contributed by atoms with E-state index >= 15 is 0 Å². The van der Waals surface area contributed by atoms with E-state index in [2.05, 4.69) is 31.4 Å². The van der Waals surface area contributed by atoms with Gasteiger partial charge < -0.3 is 4.74 Å². The minimum atomic E-state index is -0.324. The third kappa shape index (κ3) is 6.26. The number of thioether (sulfide) groups is 1. The molecular formula is C26H21BrN4O3S. The molecule has 176 valence electrons. The van der Waals surface area contributed by atoms with Crippen molar-refractivity contribution in [2.24, 2.45) is 5.10 Å². The van der Waals surface area contributed by atoms with Gasteiger partial charge in [-0.25, -0.2) is 10.4 Å². The van der Waals surface area contributed by atoms with Gasteiger partial charge in [-0.15, -0.1) is 0 Å². The number of carbonyl (C=O) groups excluding carboxylic acids is 1. The topological polar surface area (TPSA) is 85.6 Å². The molecule has 9 heteroatoms. The first-order valence-corrected chi connectivity index (χ1v) is 12.4. The summed E-state index contributed by atoms with van der Waals surface area (Å²) in [4.78, 5) is 30.4. The van der Waals surface area contributed by atoms with Crippen LogP contribution in [-0.2, 0) is 4.79 Å². The second kappa shape index (κ2) is 11.6. The zero-order valence-corrected chi connectivity index (χ0v) is 21.1. The molecule has 0 bridgehead atoms. The number of methoxy groups -OCH3 is 1. The molecule has 0 spiro atoms. The van der Waals surface area contributed by atoms with E-state index in [-0.39, 0.29) is 17.2 Å². The Bertz CT molecular complexity index is 1450. The standard InChI is InChI=1S/C26H21BrN4O3S/c1-34-21-13-11-20(12-14-21)31-25(33)22-9-5-6-10-23(22)29-26(31)35-17-24(32)30-28-16-19(27)15-18-7-3-2-4-8-18/h2-16H,17H2,1H3,(H,30,32). The lowest BCUT2D eigenvalue weighted by molar-refractivity contribution is -0.118. The molecule has 0 fully saturated rings. The van der Waals surface area contributed by atoms with Gasteiger partial charge in [0.2, 0.25) is 0 Å². The molecule has 7 nitrogen and oxygen atoms in total. The van der Waals surface area contributed by atoms with Crippen molar-refractivity contribution in [1.82, 2.24) is 15.0 Å². The highest BCUT2D eigenvalue weighted by atomic mass is 79.9. The molecule has 1 N–H and O–H groups in total. The molecule has 35 heavy (non-hydrogen) atoms. The van der Waals surface area contributed by atoms with Crippen molar-refractivity contribution in [3.8, 4) is 11.4 Å². The first-order valence-electron chi connectivity index (χ1n) is 10.6. The molecule has 1 aromatic heterocycles. The lowest BCUT2D eigenvalue weighted by Gasteiger charge is -2.13. The molecule has 4 aromatic rings. The minimum absolute atomic E-state index is 0.0261. The molecule has 0 saturated heterocycles. The largest absolute Gasteiger partial charge is 0.497 e. The molecule has 4 rings (SSSR count). The predicted molar refractivity (Wildman–Crippen MR) is 145 cm³/mol. The van der Waals surface area contributed by atoms with Gasteiger partial charge >= 0.3 is 0 Å². The van der Waals surface area contributed by atoms with Gasteiger partial charge in [0.1, 0.15) is 5.75 Å². The van der Waals surface area contributed by atoms with Crippen LogP contribution in [0.25, 0.3) is 22.7 Å². The summed E-state index contributed by atoms with van der Waals surface area (Å²) >= 11 is 4.57. The van der Waals surface area contributed by atoms with Gasteiger partial charge in [0.15, 0.2) is 5.16 Å². The molecule has 0 unspecified atom stereocenters. The van der Waals surface area contributed by atoms with Gasteiger partial charge in [-0.1, -0.05) is 54.2 Å². The van der Waals surface area contributed by atoms with Crippen molar-refractivity contribution in [2.45, 2.75) is 5.16 Å². The summed E-state index contributed by atoms with van der Waals surface area (Å²) < 4.78 is 7.43. The lowest BCUT2D eigenvalue weighted by atomic mass is 10.2. The van der Waals surface area contributed by atoms with E-state index in [0.29, 0.717) is 32.0 Å². The first kappa shape index (κ1) is 24.4. The van der Waals surface area contributed by atoms with Crippen molar-refractivity contribution in [2.75, 3.05) is 12.9 Å². The number of nitrogens with one attached hydrogen (secondary N) is 1. The number of carbonyl (C=O) groups is 1. The molecule has 0 saturated carbocycles. The van der Waals surface area contributed by atoms with Crippen molar-refractivity contribution >= 4 is 56.8 Å². The molecule has 1 amide bonds. The highest BCUT2D eigenvalue weighted by Gasteiger charge is 2.15. The Labute approximate surface area is 214 Å². The van der Waals surface area contributed by atoms with Crippen LogP contribution in [0.15, 0.2) is 98.4 Å². The fourth-order valence-corrected chi connectivity index (χ4v) is 4.41. The lowest BCUT2D eigenvalue weighted by Crippen LogP contribution is -2.24. The number of amides is 1. The average molecular weight is 549 g/mol. The van der Waals surface area contributed by atoms with E-state index in [1.54, 1.807) is 49.6 Å². The first-order chi connectivity index (χ1) is 17.0. The Hall–Kier alpha value is -3.69. The number of fused-ring (bicyclic) bond motifs is 1. The van der Waals surface area contributed by atoms with Gasteiger partial charge in [-0.2, -0.15) is 5.10 Å². The van der Waals surface area contributed by atoms with E-state index in [0.717, 1.165) is 17.3 Å². The van der Waals surface area contributed by atoms with Crippen LogP contribution in [0.2, 0.25) is 0 Å². The number of ether oxygens (including phenoxy) is 1. The van der Waals surface area contributed by atoms with Gasteiger partial charge in [-0.3, -0.25) is 14.2 Å². The highest BCUT2D eigenvalue weighted by Crippen LogP contribution is 2.22. The molecule has 1 heterocycles. The van der Waals surface area contributed by atoms with Gasteiger partial charge in [0.25, 0.3) is 11.5 Å². The number of hydrogen-bond acceptors (Lipinski definition) is 6. The Morgan fingerprint density at radius 1 is 1.09 bits per heavy atom. The summed E-state index contributed by atoms with van der Waals surface area (Å²) in [5.41, 5.74) is 4.49. The molecule has 0 aliphatic carbocycles. The van der Waals surface area contributed by atoms with Crippen LogP contribution in [0.3, 0.4) is 0 Å². The minimum Gasteiger partial charge on any atom is -0.497 e. The Kier molecular flexibility index (Phi) is 8.12. The third-order valence-corrected chi connectivity index (χ3v) is 6.26. The molecule has 0 radical (unpaired) electrons. The van der Waals surface area contributed by atoms with Crippen molar-refractivity contribution < 1.29 is 9.53 Å². The monoisotopic (exact) mass is 548 g/mol. The van der Waals surface area contributed by atoms with E-state index in [1.165, 1.54) is 10.8 Å². The van der Waals surface area contributed by atoms with Gasteiger partial charge in [-0.05, 0) is 64.0 Å². The predicted octanol–water partition coefficient (Wildman–Crippen LogP) is 5.02. The summed E-state index contributed by atoms with van der Waals surface area (Å²) in [7, 11) is 1.58. The second-order valence-electron chi connectivity index (χ2n) is 7.27. The van der Waals surface area contributed by atoms with Crippen LogP contribution in [0.4, 0.5) is 0 Å². The van der Waals surface area contributed by atoms with Gasteiger partial charge in [0.05, 0.1) is 35.7 Å². The smallest absolute Gasteiger partial charge is 0.266 e. The van der Waals surface area contributed by atoms with Crippen molar-refractivity contribution in [3.63, 3.8) is 0 Å². The van der Waals surface area contributed by atoms with Crippen LogP contribution >= 0.6 is 27.7 Å². The van der Waals surface area contributed by atoms with Crippen molar-refractivity contribution in [1.29, 1.82) is 0 Å². The van der Waals surface area contributed by atoms with Gasteiger partial charge in [0, 0.05) is 4.48 Å². The maximum atomic E-state index is 13.3. The molecular weight excluding hydrogens is 528 g/mol. The average Bonchev–Trinajstić information content (AvgIpc) is 2.88. The molecule has 3 aromatic carbocycles. The Morgan fingerprint density at radius 3 is 2.54 bits per heavy atom. The number of para-hydroxylation sites is 1. The molecule has 0 aliphatic rings. The molecule has 0 aliphatic heterocycles. The number of rotatable bonds is 8. The van der Waals surface area contributed by atoms with E-state index in [4.69, 9.17) is 4.74 Å². The van der Waals surface area contributed by atoms with E-state index in [1.807, 2.05) is 42.5 Å². The zero-order valence-electron chi connectivity index (χ0n) is 18.7. The maximum absolute atomic E-state index is 13.3. The zero-order chi connectivity index (χ0) is 24.6. The normalized spacial score (nSPS) is 11.7. The summed E-state index contributed by atoms with van der Waals surface area (Å²) in [6.45, 7) is 0. The molecule has 0 atom stereocenters. The SMILES string of the molecule is COc1ccc(-n2c(SCC(=O)NN=CC(Br)=Cc3ccccc3)nc3ccccc3c2=O)cc1. The number of nitrogens with zero attached hydrogens (tertiary/aromatic N) is 3. The summed E-state index contributed by atoms with van der Waals surface area (Å²) in [5, 5.41) is 4.89. The van der Waals surface area contributed by atoms with Crippen LogP contribution in [0, 0.1) is 0 Å². The summed E-state index contributed by atoms with van der Waals surface area (Å²) in [5.74, 6) is 0.377. The maximum Gasteiger partial charge on any atom is 0.266 e. The third-order valence-electron chi connectivity index (χ3n) is 4.89. The highest BCUT2D eigenvalue weighted by molar-refractivity contribution is 9.12. The quantitative estimate of drug-likeness (QED) is 0.144. The van der Waals surface area contributed by atoms with E-state index in [9.17, 15) is 9.59 Å². The fourth-order valence-electron chi connectivity index (χ4n) is 3.24. The summed E-state index contributed by atoms with van der Waals surface area (Å²) in [6.07, 6.45) is 3.40. The van der Waals surface area contributed by atoms with Crippen LogP contribution < -0.4 is 15.7 Å². The number of allylic oxidation sites excluding steroid dienone is 1. The second-order valence-corrected chi connectivity index (χ2v) is 9.13. The number of benzene rings is 3. The van der Waals surface area contributed by atoms with E-state index < -0.39 is 0 Å². The summed E-state index contributed by atoms with van der Waals surface area (Å²) in [6, 6.07) is 24.0. The van der Waals surface area contributed by atoms with Crippen molar-refractivity contribution in [3.05, 3.63) is 99.3 Å². The number of halogens is 1.